The van der Waals surface area contributed by atoms with Crippen LogP contribution < -0.4 is 14.4 Å². The van der Waals surface area contributed by atoms with E-state index >= 15 is 0 Å². The van der Waals surface area contributed by atoms with Crippen LogP contribution in [0.5, 0.6) is 5.75 Å². The van der Waals surface area contributed by atoms with Gasteiger partial charge in [0.25, 0.3) is 15.9 Å². The molecule has 1 N–H and O–H groups in total. The number of carbonyl (C=O) groups excluding carboxylic acids is 1. The molecule has 0 fully saturated rings. The minimum atomic E-state index is -4.55. The molecule has 0 bridgehead atoms. The van der Waals surface area contributed by atoms with Crippen molar-refractivity contribution in [3.63, 3.8) is 0 Å². The van der Waals surface area contributed by atoms with Crippen molar-refractivity contribution >= 4 is 27.3 Å². The van der Waals surface area contributed by atoms with Crippen molar-refractivity contribution in [1.29, 1.82) is 0 Å². The Morgan fingerprint density at radius 2 is 1.76 bits per heavy atom. The molecule has 0 saturated heterocycles. The summed E-state index contributed by atoms with van der Waals surface area (Å²) in [5, 5.41) is 2.60. The number of hydrogen-bond acceptors (Lipinski definition) is 4. The lowest BCUT2D eigenvalue weighted by Gasteiger charge is -2.31. The summed E-state index contributed by atoms with van der Waals surface area (Å²) in [7, 11) is -2.32. The summed E-state index contributed by atoms with van der Waals surface area (Å²) >= 11 is 0. The van der Waals surface area contributed by atoms with E-state index in [1.54, 1.807) is 24.3 Å². The molecule has 178 valence electrons. The molecule has 1 aliphatic heterocycles. The highest BCUT2D eigenvalue weighted by atomic mass is 32.2. The number of sulfonamides is 1. The first-order valence-corrected chi connectivity index (χ1v) is 11.8. The third-order valence-electron chi connectivity index (χ3n) is 5.51. The molecule has 6 nitrogen and oxygen atoms in total. The average molecular weight is 491 g/mol. The predicted octanol–water partition coefficient (Wildman–Crippen LogP) is 5.11. The van der Waals surface area contributed by atoms with E-state index in [0.29, 0.717) is 42.1 Å². The molecule has 4 rings (SSSR count). The van der Waals surface area contributed by atoms with Crippen molar-refractivity contribution in [1.82, 2.24) is 0 Å². The summed E-state index contributed by atoms with van der Waals surface area (Å²) < 4.78 is 71.7. The molecule has 0 spiro atoms. The number of nitrogens with one attached hydrogen (secondary N) is 1. The summed E-state index contributed by atoms with van der Waals surface area (Å²) in [5.41, 5.74) is 0.537. The fraction of sp³-hybridized carbons (Fsp3) is 0.208. The number of anilines is 2. The number of carbonyl (C=O) groups is 1. The molecule has 3 aromatic carbocycles. The van der Waals surface area contributed by atoms with Crippen LogP contribution in [0, 0.1) is 0 Å². The zero-order chi connectivity index (χ0) is 24.5. The Kier molecular flexibility index (Phi) is 6.26. The Morgan fingerprint density at radius 3 is 2.44 bits per heavy atom. The second-order valence-electron chi connectivity index (χ2n) is 7.73. The maximum atomic E-state index is 13.2. The van der Waals surface area contributed by atoms with E-state index in [1.165, 1.54) is 41.7 Å². The molecule has 0 aromatic heterocycles. The molecule has 1 amide bonds. The topological polar surface area (TPSA) is 75.7 Å². The number of nitrogens with zero attached hydrogens (tertiary/aromatic N) is 1. The van der Waals surface area contributed by atoms with Crippen LogP contribution in [-0.4, -0.2) is 28.0 Å². The highest BCUT2D eigenvalue weighted by Crippen LogP contribution is 2.34. The normalized spacial score (nSPS) is 13.8. The second kappa shape index (κ2) is 9.02. The molecule has 0 saturated carbocycles. The number of alkyl halides is 3. The zero-order valence-electron chi connectivity index (χ0n) is 18.1. The molecule has 1 heterocycles. The van der Waals surface area contributed by atoms with Crippen LogP contribution in [0.1, 0.15) is 27.9 Å². The van der Waals surface area contributed by atoms with Gasteiger partial charge in [-0.15, -0.1) is 0 Å². The van der Waals surface area contributed by atoms with Gasteiger partial charge in [0.1, 0.15) is 5.75 Å². The predicted molar refractivity (Wildman–Crippen MR) is 122 cm³/mol. The van der Waals surface area contributed by atoms with Crippen LogP contribution in [0.4, 0.5) is 24.5 Å². The summed E-state index contributed by atoms with van der Waals surface area (Å²) in [6.07, 6.45) is -3.38. The highest BCUT2D eigenvalue weighted by Gasteiger charge is 2.31. The van der Waals surface area contributed by atoms with Crippen LogP contribution in [-0.2, 0) is 22.6 Å². The number of halogens is 3. The molecule has 1 aliphatic rings. The maximum Gasteiger partial charge on any atom is 0.416 e. The highest BCUT2D eigenvalue weighted by molar-refractivity contribution is 7.92. The van der Waals surface area contributed by atoms with Gasteiger partial charge in [0.2, 0.25) is 0 Å². The number of amides is 1. The molecule has 0 atom stereocenters. The molecular weight excluding hydrogens is 469 g/mol. The number of benzene rings is 3. The van der Waals surface area contributed by atoms with Gasteiger partial charge in [0.15, 0.2) is 0 Å². The number of methoxy groups -OCH3 is 1. The number of aryl methyl sites for hydroxylation is 1. The van der Waals surface area contributed by atoms with Gasteiger partial charge in [-0.05, 0) is 79.1 Å². The minimum absolute atomic E-state index is 0.128. The molecule has 0 radical (unpaired) electrons. The van der Waals surface area contributed by atoms with Gasteiger partial charge < -0.3 is 10.1 Å². The lowest BCUT2D eigenvalue weighted by Crippen LogP contribution is -2.35. The first-order chi connectivity index (χ1) is 16.1. The van der Waals surface area contributed by atoms with Crippen molar-refractivity contribution in [2.24, 2.45) is 0 Å². The molecular formula is C24H21F3N2O4S. The van der Waals surface area contributed by atoms with Crippen LogP contribution in [0.3, 0.4) is 0 Å². The van der Waals surface area contributed by atoms with Crippen molar-refractivity contribution in [3.05, 3.63) is 83.4 Å². The van der Waals surface area contributed by atoms with Crippen molar-refractivity contribution in [3.8, 4) is 5.75 Å². The average Bonchev–Trinajstić information content (AvgIpc) is 2.83. The zero-order valence-corrected chi connectivity index (χ0v) is 18.9. The third-order valence-corrected chi connectivity index (χ3v) is 7.34. The van der Waals surface area contributed by atoms with Crippen LogP contribution in [0.25, 0.3) is 0 Å². The summed E-state index contributed by atoms with van der Waals surface area (Å²) in [6.45, 7) is 0.303. The Morgan fingerprint density at radius 1 is 1.03 bits per heavy atom. The lowest BCUT2D eigenvalue weighted by atomic mass is 10.0. The monoisotopic (exact) mass is 490 g/mol. The smallest absolute Gasteiger partial charge is 0.416 e. The summed E-state index contributed by atoms with van der Waals surface area (Å²) in [5.74, 6) is -0.149. The van der Waals surface area contributed by atoms with E-state index in [2.05, 4.69) is 5.32 Å². The van der Waals surface area contributed by atoms with E-state index in [0.717, 1.165) is 12.1 Å². The van der Waals surface area contributed by atoms with E-state index in [4.69, 9.17) is 4.74 Å². The molecule has 34 heavy (non-hydrogen) atoms. The van der Waals surface area contributed by atoms with Crippen molar-refractivity contribution < 1.29 is 31.1 Å². The number of hydrogen-bond donors (Lipinski definition) is 1. The van der Waals surface area contributed by atoms with E-state index < -0.39 is 27.7 Å². The van der Waals surface area contributed by atoms with Crippen LogP contribution >= 0.6 is 0 Å². The van der Waals surface area contributed by atoms with Gasteiger partial charge in [-0.3, -0.25) is 9.10 Å². The van der Waals surface area contributed by atoms with Crippen molar-refractivity contribution in [2.45, 2.75) is 23.9 Å². The van der Waals surface area contributed by atoms with E-state index in [-0.39, 0.29) is 10.5 Å². The van der Waals surface area contributed by atoms with Gasteiger partial charge in [-0.2, -0.15) is 13.2 Å². The fourth-order valence-electron chi connectivity index (χ4n) is 3.80. The Labute approximate surface area is 195 Å². The lowest BCUT2D eigenvalue weighted by molar-refractivity contribution is -0.137. The van der Waals surface area contributed by atoms with Gasteiger partial charge >= 0.3 is 6.18 Å². The third kappa shape index (κ3) is 4.72. The van der Waals surface area contributed by atoms with Gasteiger partial charge in [-0.1, -0.05) is 6.07 Å². The van der Waals surface area contributed by atoms with Gasteiger partial charge in [0.05, 0.1) is 23.3 Å². The largest absolute Gasteiger partial charge is 0.497 e. The second-order valence-corrected chi connectivity index (χ2v) is 9.59. The number of fused-ring (bicyclic) bond motifs is 1. The first-order valence-electron chi connectivity index (χ1n) is 10.4. The fourth-order valence-corrected chi connectivity index (χ4v) is 5.35. The van der Waals surface area contributed by atoms with Crippen LogP contribution in [0.15, 0.2) is 71.6 Å². The standard InChI is InChI=1S/C24H21F3N2O4S/c1-33-20-8-10-21(11-9-20)34(31,32)29-13-3-5-16-15-19(7-12-22(16)29)28-23(30)17-4-2-6-18(14-17)24(25,26)27/h2,4,6-12,14-15H,3,5,13H2,1H3,(H,28,30). The molecule has 3 aromatic rings. The maximum absolute atomic E-state index is 13.2. The first kappa shape index (κ1) is 23.6. The molecule has 0 unspecified atom stereocenters. The Hall–Kier alpha value is -3.53. The van der Waals surface area contributed by atoms with Gasteiger partial charge in [-0.25, -0.2) is 8.42 Å². The summed E-state index contributed by atoms with van der Waals surface area (Å²) in [6, 6.07) is 15.0. The van der Waals surface area contributed by atoms with Gasteiger partial charge in [0, 0.05) is 17.8 Å². The molecule has 0 aliphatic carbocycles. The Bertz CT molecular complexity index is 1320. The quantitative estimate of drug-likeness (QED) is 0.540. The molecule has 10 heteroatoms. The van der Waals surface area contributed by atoms with Crippen molar-refractivity contribution in [2.75, 3.05) is 23.3 Å². The summed E-state index contributed by atoms with van der Waals surface area (Å²) in [4.78, 5) is 12.7. The SMILES string of the molecule is COc1ccc(S(=O)(=O)N2CCCc3cc(NC(=O)c4cccc(C(F)(F)F)c4)ccc32)cc1. The number of rotatable bonds is 5. The van der Waals surface area contributed by atoms with E-state index in [9.17, 15) is 26.4 Å². The number of ether oxygens (including phenoxy) is 1. The van der Waals surface area contributed by atoms with Crippen LogP contribution in [0.2, 0.25) is 0 Å². The Balaban J connectivity index is 1.58. The van der Waals surface area contributed by atoms with E-state index in [1.807, 2.05) is 0 Å². The minimum Gasteiger partial charge on any atom is -0.497 e.